The van der Waals surface area contributed by atoms with Crippen molar-refractivity contribution in [2.45, 2.75) is 53.3 Å². The molecule has 2 heterocycles. The summed E-state index contributed by atoms with van der Waals surface area (Å²) in [6.07, 6.45) is -0.840. The van der Waals surface area contributed by atoms with Crippen molar-refractivity contribution < 1.29 is 27.1 Å². The number of hydrogen-bond acceptors (Lipinski definition) is 5. The van der Waals surface area contributed by atoms with Gasteiger partial charge in [-0.1, -0.05) is 35.3 Å². The SMILES string of the molecule is CCn1c(-c2c(F)cccc2F)c(N)cc(Cl)c1=O.CCn1c(-c2c(F)cccc2F)c(NC(=O)OC(C)(C)C)cc(Cl)c1=O. The van der Waals surface area contributed by atoms with Gasteiger partial charge in [0, 0.05) is 13.1 Å². The second-order valence-corrected chi connectivity index (χ2v) is 11.3. The molecule has 45 heavy (non-hydrogen) atoms. The molecule has 0 unspecified atom stereocenters. The van der Waals surface area contributed by atoms with Gasteiger partial charge in [-0.25, -0.2) is 22.4 Å². The monoisotopic (exact) mass is 668 g/mol. The normalized spacial score (nSPS) is 11.1. The van der Waals surface area contributed by atoms with Crippen molar-refractivity contribution in [2.24, 2.45) is 0 Å². The van der Waals surface area contributed by atoms with E-state index in [2.05, 4.69) is 5.32 Å². The molecule has 3 N–H and O–H groups in total. The molecule has 4 rings (SSSR count). The van der Waals surface area contributed by atoms with Crippen LogP contribution in [0.15, 0.2) is 58.1 Å². The number of nitrogen functional groups attached to an aromatic ring is 1. The molecule has 8 nitrogen and oxygen atoms in total. The van der Waals surface area contributed by atoms with Crippen molar-refractivity contribution in [1.82, 2.24) is 9.13 Å². The quantitative estimate of drug-likeness (QED) is 0.211. The number of ether oxygens (including phenoxy) is 1. The summed E-state index contributed by atoms with van der Waals surface area (Å²) >= 11 is 11.7. The summed E-state index contributed by atoms with van der Waals surface area (Å²) in [5, 5.41) is 2.14. The van der Waals surface area contributed by atoms with Crippen LogP contribution in [0, 0.1) is 23.3 Å². The molecule has 2 aromatic heterocycles. The maximum atomic E-state index is 14.3. The van der Waals surface area contributed by atoms with Crippen molar-refractivity contribution in [3.63, 3.8) is 0 Å². The largest absolute Gasteiger partial charge is 0.444 e. The average Bonchev–Trinajstić information content (AvgIpc) is 2.93. The topological polar surface area (TPSA) is 108 Å². The Morgan fingerprint density at radius 3 is 1.62 bits per heavy atom. The van der Waals surface area contributed by atoms with Gasteiger partial charge in [-0.15, -0.1) is 0 Å². The first-order chi connectivity index (χ1) is 21.0. The maximum Gasteiger partial charge on any atom is 0.412 e. The Balaban J connectivity index is 0.000000257. The van der Waals surface area contributed by atoms with Crippen molar-refractivity contribution in [2.75, 3.05) is 11.1 Å². The minimum Gasteiger partial charge on any atom is -0.444 e. The maximum absolute atomic E-state index is 14.3. The molecule has 240 valence electrons. The highest BCUT2D eigenvalue weighted by Gasteiger charge is 2.24. The van der Waals surface area contributed by atoms with Crippen LogP contribution in [0.4, 0.5) is 33.7 Å². The molecule has 0 bridgehead atoms. The molecule has 2 aromatic carbocycles. The van der Waals surface area contributed by atoms with Crippen LogP contribution < -0.4 is 22.2 Å². The summed E-state index contributed by atoms with van der Waals surface area (Å²) in [6.45, 7) is 8.59. The van der Waals surface area contributed by atoms with Crippen LogP contribution in [-0.4, -0.2) is 20.8 Å². The molecule has 0 saturated carbocycles. The number of nitrogens with two attached hydrogens (primary N) is 1. The molecule has 0 radical (unpaired) electrons. The van der Waals surface area contributed by atoms with Gasteiger partial charge in [0.1, 0.15) is 38.9 Å². The molecule has 0 aliphatic rings. The van der Waals surface area contributed by atoms with Crippen molar-refractivity contribution >= 4 is 40.7 Å². The van der Waals surface area contributed by atoms with Crippen LogP contribution in [0.1, 0.15) is 34.6 Å². The van der Waals surface area contributed by atoms with Gasteiger partial charge in [-0.05, 0) is 71.0 Å². The number of halogens is 6. The lowest BCUT2D eigenvalue weighted by atomic mass is 10.1. The summed E-state index contributed by atoms with van der Waals surface area (Å²) < 4.78 is 63.7. The van der Waals surface area contributed by atoms with Crippen LogP contribution in [0.2, 0.25) is 10.0 Å². The highest BCUT2D eigenvalue weighted by molar-refractivity contribution is 6.31. The number of carbonyl (C=O) groups excluding carboxylic acids is 1. The number of hydrogen-bond donors (Lipinski definition) is 2. The first-order valence-electron chi connectivity index (χ1n) is 13.5. The van der Waals surface area contributed by atoms with E-state index in [9.17, 15) is 31.9 Å². The number of amides is 1. The smallest absolute Gasteiger partial charge is 0.412 e. The van der Waals surface area contributed by atoms with Crippen LogP contribution >= 0.6 is 23.2 Å². The Kier molecular flexibility index (Phi) is 11.1. The summed E-state index contributed by atoms with van der Waals surface area (Å²) in [6, 6.07) is 9.16. The number of pyridine rings is 2. The molecular weight excluding hydrogens is 639 g/mol. The zero-order valence-electron chi connectivity index (χ0n) is 24.9. The van der Waals surface area contributed by atoms with E-state index in [1.807, 2.05) is 0 Å². The van der Waals surface area contributed by atoms with Crippen molar-refractivity contribution in [3.8, 4) is 22.5 Å². The number of rotatable bonds is 5. The predicted octanol–water partition coefficient (Wildman–Crippen LogP) is 7.86. The van der Waals surface area contributed by atoms with Crippen molar-refractivity contribution in [3.05, 3.63) is 103 Å². The van der Waals surface area contributed by atoms with Crippen LogP contribution in [0.5, 0.6) is 0 Å². The second-order valence-electron chi connectivity index (χ2n) is 10.5. The number of nitrogens with one attached hydrogen (secondary N) is 1. The van der Waals surface area contributed by atoms with E-state index in [4.69, 9.17) is 33.7 Å². The van der Waals surface area contributed by atoms with E-state index >= 15 is 0 Å². The molecule has 1 amide bonds. The summed E-state index contributed by atoms with van der Waals surface area (Å²) in [4.78, 5) is 36.4. The second kappa shape index (κ2) is 14.2. The third-order valence-electron chi connectivity index (χ3n) is 6.19. The molecule has 0 aliphatic carbocycles. The first-order valence-corrected chi connectivity index (χ1v) is 14.3. The van der Waals surface area contributed by atoms with E-state index in [-0.39, 0.29) is 51.5 Å². The molecule has 0 atom stereocenters. The van der Waals surface area contributed by atoms with Gasteiger partial charge in [0.05, 0.1) is 33.9 Å². The molecule has 14 heteroatoms. The summed E-state index contributed by atoms with van der Waals surface area (Å²) in [5.74, 6) is -3.31. The number of aromatic nitrogens is 2. The average molecular weight is 670 g/mol. The van der Waals surface area contributed by atoms with E-state index in [0.717, 1.165) is 39.5 Å². The van der Waals surface area contributed by atoms with Gasteiger partial charge >= 0.3 is 6.09 Å². The lowest BCUT2D eigenvalue weighted by Gasteiger charge is -2.22. The van der Waals surface area contributed by atoms with Crippen LogP contribution in [0.3, 0.4) is 0 Å². The van der Waals surface area contributed by atoms with E-state index in [1.165, 1.54) is 18.2 Å². The van der Waals surface area contributed by atoms with Gasteiger partial charge in [0.15, 0.2) is 0 Å². The fourth-order valence-electron chi connectivity index (χ4n) is 4.39. The minimum absolute atomic E-state index is 0.00694. The standard InChI is InChI=1S/C18H19ClF2N2O3.C13H11ClF2N2O/c1-5-23-15(14-11(20)7-6-8-12(14)21)13(9-10(19)16(23)24)22-17(25)26-18(2,3)4;1-2-18-12(10(17)6-7(14)13(18)19)11-8(15)4-3-5-9(11)16/h6-9H,5H2,1-4H3,(H,22,25);3-6H,2,17H2,1H3. The van der Waals surface area contributed by atoms with E-state index in [0.29, 0.717) is 0 Å². The Morgan fingerprint density at radius 1 is 0.800 bits per heavy atom. The number of nitrogens with zero attached hydrogens (tertiary/aromatic N) is 2. The fraction of sp³-hybridized carbons (Fsp3) is 0.258. The molecule has 0 spiro atoms. The van der Waals surface area contributed by atoms with Crippen molar-refractivity contribution in [1.29, 1.82) is 0 Å². The molecular formula is C31H30Cl2F4N4O4. The Labute approximate surface area is 266 Å². The summed E-state index contributed by atoms with van der Waals surface area (Å²) in [5.41, 5.74) is 2.97. The lowest BCUT2D eigenvalue weighted by Crippen LogP contribution is -2.29. The van der Waals surface area contributed by atoms with Gasteiger partial charge in [0.25, 0.3) is 11.1 Å². The van der Waals surface area contributed by atoms with Gasteiger partial charge in [0.2, 0.25) is 0 Å². The molecule has 4 aromatic rings. The predicted molar refractivity (Wildman–Crippen MR) is 168 cm³/mol. The van der Waals surface area contributed by atoms with Crippen LogP contribution in [-0.2, 0) is 17.8 Å². The number of anilines is 2. The number of carbonyl (C=O) groups is 1. The third kappa shape index (κ3) is 7.87. The highest BCUT2D eigenvalue weighted by Crippen LogP contribution is 2.34. The highest BCUT2D eigenvalue weighted by atomic mass is 35.5. The first kappa shape index (κ1) is 35.2. The Morgan fingerprint density at radius 2 is 1.20 bits per heavy atom. The van der Waals surface area contributed by atoms with Gasteiger partial charge in [-0.2, -0.15) is 0 Å². The fourth-order valence-corrected chi connectivity index (χ4v) is 4.83. The van der Waals surface area contributed by atoms with Gasteiger partial charge < -0.3 is 19.6 Å². The van der Waals surface area contributed by atoms with Gasteiger partial charge in [-0.3, -0.25) is 14.9 Å². The zero-order chi connectivity index (χ0) is 33.8. The van der Waals surface area contributed by atoms with E-state index < -0.39 is 51.6 Å². The van der Waals surface area contributed by atoms with E-state index in [1.54, 1.807) is 34.6 Å². The molecule has 0 fully saturated rings. The number of benzene rings is 2. The minimum atomic E-state index is -0.874. The molecule has 0 saturated heterocycles. The lowest BCUT2D eigenvalue weighted by molar-refractivity contribution is 0.0636. The third-order valence-corrected chi connectivity index (χ3v) is 6.73. The molecule has 0 aliphatic heterocycles. The summed E-state index contributed by atoms with van der Waals surface area (Å²) in [7, 11) is 0. The Bertz CT molecular complexity index is 1830. The van der Waals surface area contributed by atoms with Crippen LogP contribution in [0.25, 0.3) is 22.5 Å². The zero-order valence-corrected chi connectivity index (χ0v) is 26.4. The Hall–Kier alpha value is -4.29.